The highest BCUT2D eigenvalue weighted by atomic mass is 35.5. The lowest BCUT2D eigenvalue weighted by molar-refractivity contribution is -0.160. The molecular weight excluding hydrogens is 392 g/mol. The van der Waals surface area contributed by atoms with Crippen LogP contribution in [0.25, 0.3) is 0 Å². The molecule has 2 rings (SSSR count). The Balaban J connectivity index is 1.96. The number of nitrogens with one attached hydrogen (secondary N) is 1. The minimum atomic E-state index is -1.00. The van der Waals surface area contributed by atoms with E-state index in [2.05, 4.69) is 5.32 Å². The molecule has 7 heteroatoms. The number of carbonyl (C=O) groups excluding carboxylic acids is 3. The normalized spacial score (nSPS) is 11.4. The van der Waals surface area contributed by atoms with Crippen molar-refractivity contribution in [3.8, 4) is 0 Å². The van der Waals surface area contributed by atoms with E-state index in [1.807, 2.05) is 19.9 Å². The molecule has 0 saturated heterocycles. The SMILES string of the molecule is CCN(CC)C(=O)[C@H](OC(=O)CCNC(=O)c1ccc(Cl)cc1)c1ccccc1. The van der Waals surface area contributed by atoms with E-state index >= 15 is 0 Å². The van der Waals surface area contributed by atoms with Gasteiger partial charge in [0.25, 0.3) is 11.8 Å². The van der Waals surface area contributed by atoms with E-state index < -0.39 is 12.1 Å². The highest BCUT2D eigenvalue weighted by Crippen LogP contribution is 2.21. The van der Waals surface area contributed by atoms with E-state index in [4.69, 9.17) is 16.3 Å². The molecule has 2 aromatic rings. The highest BCUT2D eigenvalue weighted by molar-refractivity contribution is 6.30. The number of halogens is 1. The maximum absolute atomic E-state index is 12.8. The van der Waals surface area contributed by atoms with Gasteiger partial charge in [0.2, 0.25) is 6.10 Å². The summed E-state index contributed by atoms with van der Waals surface area (Å²) >= 11 is 5.81. The Morgan fingerprint density at radius 3 is 2.21 bits per heavy atom. The predicted octanol–water partition coefficient (Wildman–Crippen LogP) is 3.61. The Labute approximate surface area is 175 Å². The van der Waals surface area contributed by atoms with Crippen molar-refractivity contribution in [3.63, 3.8) is 0 Å². The zero-order chi connectivity index (χ0) is 21.2. The second-order valence-electron chi connectivity index (χ2n) is 6.30. The van der Waals surface area contributed by atoms with Crippen molar-refractivity contribution < 1.29 is 19.1 Å². The summed E-state index contributed by atoms with van der Waals surface area (Å²) in [5.74, 6) is -1.14. The fourth-order valence-electron chi connectivity index (χ4n) is 2.76. The van der Waals surface area contributed by atoms with Crippen molar-refractivity contribution in [3.05, 3.63) is 70.7 Å². The number of hydrogen-bond donors (Lipinski definition) is 1. The topological polar surface area (TPSA) is 75.7 Å². The van der Waals surface area contributed by atoms with Crippen LogP contribution in [-0.2, 0) is 14.3 Å². The number of nitrogens with zero attached hydrogens (tertiary/aromatic N) is 1. The third-order valence-electron chi connectivity index (χ3n) is 4.37. The van der Waals surface area contributed by atoms with Gasteiger partial charge >= 0.3 is 5.97 Å². The smallest absolute Gasteiger partial charge is 0.308 e. The Bertz CT molecular complexity index is 820. The van der Waals surface area contributed by atoms with E-state index in [-0.39, 0.29) is 24.8 Å². The lowest BCUT2D eigenvalue weighted by atomic mass is 10.1. The number of amides is 2. The highest BCUT2D eigenvalue weighted by Gasteiger charge is 2.28. The molecular formula is C22H25ClN2O4. The van der Waals surface area contributed by atoms with E-state index in [9.17, 15) is 14.4 Å². The van der Waals surface area contributed by atoms with Gasteiger partial charge in [-0.15, -0.1) is 0 Å². The van der Waals surface area contributed by atoms with Crippen LogP contribution in [0, 0.1) is 0 Å². The van der Waals surface area contributed by atoms with Gasteiger partial charge in [-0.3, -0.25) is 14.4 Å². The van der Waals surface area contributed by atoms with Gasteiger partial charge < -0.3 is 15.0 Å². The standard InChI is InChI=1S/C22H25ClN2O4/c1-3-25(4-2)22(28)20(16-8-6-5-7-9-16)29-19(26)14-15-24-21(27)17-10-12-18(23)13-11-17/h5-13,20H,3-4,14-15H2,1-2H3,(H,24,27)/t20-/m1/s1. The fourth-order valence-corrected chi connectivity index (χ4v) is 2.89. The second-order valence-corrected chi connectivity index (χ2v) is 6.74. The summed E-state index contributed by atoms with van der Waals surface area (Å²) in [5, 5.41) is 3.20. The van der Waals surface area contributed by atoms with Crippen molar-refractivity contribution in [2.24, 2.45) is 0 Å². The lowest BCUT2D eigenvalue weighted by Gasteiger charge is -2.25. The Hall–Kier alpha value is -2.86. The van der Waals surface area contributed by atoms with Crippen LogP contribution in [0.2, 0.25) is 5.02 Å². The monoisotopic (exact) mass is 416 g/mol. The number of ether oxygens (including phenoxy) is 1. The summed E-state index contributed by atoms with van der Waals surface area (Å²) in [4.78, 5) is 38.8. The van der Waals surface area contributed by atoms with Gasteiger partial charge in [0.15, 0.2) is 0 Å². The van der Waals surface area contributed by atoms with Gasteiger partial charge in [-0.25, -0.2) is 0 Å². The van der Waals surface area contributed by atoms with Crippen LogP contribution in [-0.4, -0.2) is 42.3 Å². The average molecular weight is 417 g/mol. The van der Waals surface area contributed by atoms with E-state index in [0.717, 1.165) is 0 Å². The van der Waals surface area contributed by atoms with E-state index in [1.165, 1.54) is 0 Å². The zero-order valence-electron chi connectivity index (χ0n) is 16.6. The van der Waals surface area contributed by atoms with Crippen LogP contribution in [0.3, 0.4) is 0 Å². The maximum atomic E-state index is 12.8. The molecule has 0 aliphatic rings. The first-order chi connectivity index (χ1) is 14.0. The minimum Gasteiger partial charge on any atom is -0.447 e. The molecule has 0 saturated carbocycles. The van der Waals surface area contributed by atoms with Gasteiger partial charge in [-0.1, -0.05) is 41.9 Å². The summed E-state index contributed by atoms with van der Waals surface area (Å²) in [6.07, 6.45) is -1.05. The number of benzene rings is 2. The Kier molecular flexibility index (Phi) is 8.68. The van der Waals surface area contributed by atoms with Gasteiger partial charge in [0.1, 0.15) is 0 Å². The molecule has 0 bridgehead atoms. The van der Waals surface area contributed by atoms with Crippen LogP contribution >= 0.6 is 11.6 Å². The van der Waals surface area contributed by atoms with Crippen molar-refractivity contribution in [1.29, 1.82) is 0 Å². The van der Waals surface area contributed by atoms with Crippen LogP contribution in [0.4, 0.5) is 0 Å². The zero-order valence-corrected chi connectivity index (χ0v) is 17.3. The van der Waals surface area contributed by atoms with Crippen LogP contribution in [0.5, 0.6) is 0 Å². The first-order valence-electron chi connectivity index (χ1n) is 9.53. The number of rotatable bonds is 9. The molecule has 6 nitrogen and oxygen atoms in total. The predicted molar refractivity (Wildman–Crippen MR) is 112 cm³/mol. The Morgan fingerprint density at radius 1 is 1.00 bits per heavy atom. The fraction of sp³-hybridized carbons (Fsp3) is 0.318. The molecule has 2 amide bonds. The van der Waals surface area contributed by atoms with Crippen LogP contribution in [0.1, 0.15) is 42.3 Å². The summed E-state index contributed by atoms with van der Waals surface area (Å²) in [6.45, 7) is 4.89. The molecule has 0 spiro atoms. The lowest BCUT2D eigenvalue weighted by Crippen LogP contribution is -2.37. The minimum absolute atomic E-state index is 0.0474. The number of likely N-dealkylation sites (N-methyl/N-ethyl adjacent to an activating group) is 1. The summed E-state index contributed by atoms with van der Waals surface area (Å²) in [6, 6.07) is 15.4. The number of carbonyl (C=O) groups is 3. The average Bonchev–Trinajstić information content (AvgIpc) is 2.73. The molecule has 1 N–H and O–H groups in total. The van der Waals surface area contributed by atoms with Crippen molar-refractivity contribution in [2.75, 3.05) is 19.6 Å². The molecule has 0 fully saturated rings. The largest absolute Gasteiger partial charge is 0.447 e. The molecule has 0 unspecified atom stereocenters. The summed E-state index contributed by atoms with van der Waals surface area (Å²) in [5.41, 5.74) is 1.06. The Morgan fingerprint density at radius 2 is 1.62 bits per heavy atom. The molecule has 0 aliphatic heterocycles. The third kappa shape index (κ3) is 6.61. The molecule has 0 aromatic heterocycles. The molecule has 2 aromatic carbocycles. The van der Waals surface area contributed by atoms with Gasteiger partial charge in [-0.2, -0.15) is 0 Å². The number of esters is 1. The van der Waals surface area contributed by atoms with Crippen molar-refractivity contribution in [2.45, 2.75) is 26.4 Å². The number of hydrogen-bond acceptors (Lipinski definition) is 4. The quantitative estimate of drug-likeness (QED) is 0.633. The first kappa shape index (κ1) is 22.4. The summed E-state index contributed by atoms with van der Waals surface area (Å²) in [7, 11) is 0. The first-order valence-corrected chi connectivity index (χ1v) is 9.91. The van der Waals surface area contributed by atoms with Crippen LogP contribution in [0.15, 0.2) is 54.6 Å². The molecule has 29 heavy (non-hydrogen) atoms. The second kappa shape index (κ2) is 11.2. The van der Waals surface area contributed by atoms with Gasteiger partial charge in [0, 0.05) is 35.8 Å². The maximum Gasteiger partial charge on any atom is 0.308 e. The van der Waals surface area contributed by atoms with Gasteiger partial charge in [0.05, 0.1) is 6.42 Å². The van der Waals surface area contributed by atoms with E-state index in [0.29, 0.717) is 29.2 Å². The molecule has 0 aliphatic carbocycles. The third-order valence-corrected chi connectivity index (χ3v) is 4.62. The molecule has 154 valence electrons. The summed E-state index contributed by atoms with van der Waals surface area (Å²) < 4.78 is 5.49. The van der Waals surface area contributed by atoms with Crippen molar-refractivity contribution in [1.82, 2.24) is 10.2 Å². The molecule has 0 heterocycles. The van der Waals surface area contributed by atoms with E-state index in [1.54, 1.807) is 53.4 Å². The molecule has 1 atom stereocenters. The van der Waals surface area contributed by atoms with Crippen LogP contribution < -0.4 is 5.32 Å². The van der Waals surface area contributed by atoms with Gasteiger partial charge in [-0.05, 0) is 38.1 Å². The molecule has 0 radical (unpaired) electrons. The van der Waals surface area contributed by atoms with Crippen molar-refractivity contribution >= 4 is 29.4 Å².